The Morgan fingerprint density at radius 2 is 1.71 bits per heavy atom. The number of hydrogen-bond donors (Lipinski definition) is 2. The van der Waals surface area contributed by atoms with Gasteiger partial charge < -0.3 is 14.9 Å². The van der Waals surface area contributed by atoms with E-state index in [9.17, 15) is 0 Å². The van der Waals surface area contributed by atoms with E-state index in [4.69, 9.17) is 24.5 Å². The van der Waals surface area contributed by atoms with E-state index in [0.29, 0.717) is 0 Å². The lowest BCUT2D eigenvalue weighted by Crippen LogP contribution is -2.39. The quantitative estimate of drug-likeness (QED) is 0.735. The van der Waals surface area contributed by atoms with Crippen LogP contribution in [0, 0.1) is 0 Å². The van der Waals surface area contributed by atoms with E-state index in [1.54, 1.807) is 7.11 Å². The summed E-state index contributed by atoms with van der Waals surface area (Å²) < 4.78 is 5.51. The molecule has 1 heterocycles. The second-order valence-corrected chi connectivity index (χ2v) is 7.21. The fourth-order valence-electron chi connectivity index (χ4n) is 4.45. The summed E-state index contributed by atoms with van der Waals surface area (Å²) in [6.45, 7) is 1.02. The summed E-state index contributed by atoms with van der Waals surface area (Å²) in [6, 6.07) is 15.6. The number of rotatable bonds is 1. The Hall–Kier alpha value is -2.86. The molecule has 2 aromatic rings. The Kier molecular flexibility index (Phi) is 5.70. The number of nitrogens with zero attached hydrogens (tertiary/aromatic N) is 1. The maximum absolute atomic E-state index is 9.10. The lowest BCUT2D eigenvalue weighted by molar-refractivity contribution is -0.159. The first-order valence-electron chi connectivity index (χ1n) is 9.33. The number of methoxy groups -OCH3 is 1. The zero-order valence-corrected chi connectivity index (χ0v) is 16.1. The van der Waals surface area contributed by atoms with Crippen molar-refractivity contribution in [2.24, 2.45) is 0 Å². The van der Waals surface area contributed by atoms with Gasteiger partial charge in [-0.3, -0.25) is 4.90 Å². The number of ether oxygens (including phenoxy) is 1. The van der Waals surface area contributed by atoms with Gasteiger partial charge in [-0.25, -0.2) is 9.59 Å². The third-order valence-corrected chi connectivity index (χ3v) is 5.70. The fourth-order valence-corrected chi connectivity index (χ4v) is 4.45. The van der Waals surface area contributed by atoms with E-state index in [0.717, 1.165) is 12.3 Å². The maximum atomic E-state index is 9.10. The first-order chi connectivity index (χ1) is 13.4. The molecule has 0 saturated carbocycles. The van der Waals surface area contributed by atoms with Crippen molar-refractivity contribution < 1.29 is 24.5 Å². The molecule has 2 aromatic carbocycles. The highest BCUT2D eigenvalue weighted by molar-refractivity contribution is 6.27. The van der Waals surface area contributed by atoms with Crippen molar-refractivity contribution in [3.8, 4) is 5.75 Å². The molecule has 0 aromatic heterocycles. The van der Waals surface area contributed by atoms with Gasteiger partial charge in [-0.15, -0.1) is 0 Å². The molecular weight excluding hydrogens is 358 g/mol. The second-order valence-electron chi connectivity index (χ2n) is 7.21. The van der Waals surface area contributed by atoms with E-state index in [2.05, 4.69) is 54.4 Å². The van der Waals surface area contributed by atoms with Crippen LogP contribution in [-0.2, 0) is 28.1 Å². The van der Waals surface area contributed by atoms with Crippen LogP contribution < -0.4 is 4.74 Å². The zero-order chi connectivity index (χ0) is 20.3. The van der Waals surface area contributed by atoms with Crippen molar-refractivity contribution in [1.29, 1.82) is 0 Å². The molecule has 2 aliphatic rings. The summed E-state index contributed by atoms with van der Waals surface area (Å²) in [7, 11) is 4.03. The lowest BCUT2D eigenvalue weighted by Gasteiger charge is -2.38. The second kappa shape index (κ2) is 8.02. The number of hydrogen-bond acceptors (Lipinski definition) is 4. The molecule has 6 heteroatoms. The van der Waals surface area contributed by atoms with Crippen LogP contribution in [0.25, 0.3) is 0 Å². The molecule has 1 spiro atoms. The maximum Gasteiger partial charge on any atom is 0.414 e. The minimum Gasteiger partial charge on any atom is -0.497 e. The smallest absolute Gasteiger partial charge is 0.414 e. The Balaban J connectivity index is 0.000000330. The van der Waals surface area contributed by atoms with E-state index in [1.165, 1.54) is 47.9 Å². The fraction of sp³-hybridized carbons (Fsp3) is 0.364. The summed E-state index contributed by atoms with van der Waals surface area (Å²) in [5, 5.41) is 14.8. The molecule has 0 amide bonds. The molecule has 28 heavy (non-hydrogen) atoms. The largest absolute Gasteiger partial charge is 0.497 e. The Labute approximate surface area is 164 Å². The van der Waals surface area contributed by atoms with Crippen molar-refractivity contribution in [3.63, 3.8) is 0 Å². The number of benzene rings is 2. The topological polar surface area (TPSA) is 87.1 Å². The van der Waals surface area contributed by atoms with Crippen LogP contribution >= 0.6 is 0 Å². The molecule has 0 fully saturated rings. The number of aryl methyl sites for hydroxylation is 1. The molecule has 4 rings (SSSR count). The third-order valence-electron chi connectivity index (χ3n) is 5.70. The van der Waals surface area contributed by atoms with Crippen LogP contribution in [0.3, 0.4) is 0 Å². The van der Waals surface area contributed by atoms with Gasteiger partial charge in [0, 0.05) is 6.54 Å². The van der Waals surface area contributed by atoms with E-state index >= 15 is 0 Å². The molecule has 0 bridgehead atoms. The van der Waals surface area contributed by atoms with Crippen LogP contribution in [0.5, 0.6) is 5.75 Å². The van der Waals surface area contributed by atoms with Gasteiger partial charge in [0.2, 0.25) is 0 Å². The molecule has 0 radical (unpaired) electrons. The highest BCUT2D eigenvalue weighted by atomic mass is 16.5. The van der Waals surface area contributed by atoms with E-state index < -0.39 is 11.9 Å². The molecule has 148 valence electrons. The summed E-state index contributed by atoms with van der Waals surface area (Å²) in [5.74, 6) is -2.68. The van der Waals surface area contributed by atoms with Gasteiger partial charge in [0.25, 0.3) is 0 Å². The SMILES string of the molecule is COc1ccc2c(c1)C1(CCCCc3ccccc31)N(C)C2.O=C(O)C(=O)O. The molecule has 6 nitrogen and oxygen atoms in total. The summed E-state index contributed by atoms with van der Waals surface area (Å²) in [5.41, 5.74) is 5.94. The van der Waals surface area contributed by atoms with Gasteiger partial charge in [0.1, 0.15) is 5.75 Å². The van der Waals surface area contributed by atoms with Crippen molar-refractivity contribution in [2.45, 2.75) is 37.8 Å². The standard InChI is InChI=1S/C20H23NO.C2H2O4/c1-21-14-16-10-11-17(22-2)13-19(16)20(21)12-6-5-8-15-7-3-4-9-18(15)20;3-1(4)2(5)6/h3-4,7,9-11,13H,5-6,8,12,14H2,1-2H3;(H,3,4)(H,5,6). The Morgan fingerprint density at radius 1 is 1.00 bits per heavy atom. The van der Waals surface area contributed by atoms with Crippen LogP contribution in [0.2, 0.25) is 0 Å². The van der Waals surface area contributed by atoms with Crippen molar-refractivity contribution in [3.05, 3.63) is 64.7 Å². The van der Waals surface area contributed by atoms with Crippen LogP contribution in [0.1, 0.15) is 41.5 Å². The van der Waals surface area contributed by atoms with Crippen molar-refractivity contribution in [2.75, 3.05) is 14.2 Å². The predicted molar refractivity (Wildman–Crippen MR) is 105 cm³/mol. The molecule has 1 aliphatic carbocycles. The molecule has 2 N–H and O–H groups in total. The molecule has 1 atom stereocenters. The summed E-state index contributed by atoms with van der Waals surface area (Å²) in [4.78, 5) is 20.7. The number of carboxylic acid groups (broad SMARTS) is 2. The number of fused-ring (bicyclic) bond motifs is 4. The highest BCUT2D eigenvalue weighted by Crippen LogP contribution is 2.50. The summed E-state index contributed by atoms with van der Waals surface area (Å²) in [6.07, 6.45) is 4.95. The lowest BCUT2D eigenvalue weighted by atomic mass is 9.78. The van der Waals surface area contributed by atoms with Gasteiger partial charge in [-0.05, 0) is 60.7 Å². The average Bonchev–Trinajstić information content (AvgIpc) is 2.84. The highest BCUT2D eigenvalue weighted by Gasteiger charge is 2.46. The Bertz CT molecular complexity index is 882. The van der Waals surface area contributed by atoms with Gasteiger partial charge in [0.05, 0.1) is 12.6 Å². The van der Waals surface area contributed by atoms with Crippen LogP contribution in [0.15, 0.2) is 42.5 Å². The van der Waals surface area contributed by atoms with E-state index in [1.807, 2.05) is 0 Å². The minimum atomic E-state index is -1.82. The van der Waals surface area contributed by atoms with Crippen molar-refractivity contribution >= 4 is 11.9 Å². The molecular formula is C22H25NO5. The molecule has 0 saturated heterocycles. The molecule has 1 unspecified atom stereocenters. The van der Waals surface area contributed by atoms with Crippen LogP contribution in [0.4, 0.5) is 0 Å². The Morgan fingerprint density at radius 3 is 2.39 bits per heavy atom. The number of carbonyl (C=O) groups is 2. The van der Waals surface area contributed by atoms with Crippen LogP contribution in [-0.4, -0.2) is 41.2 Å². The first kappa shape index (κ1) is 19.9. The van der Waals surface area contributed by atoms with Crippen molar-refractivity contribution in [1.82, 2.24) is 4.90 Å². The van der Waals surface area contributed by atoms with E-state index in [-0.39, 0.29) is 5.54 Å². The van der Waals surface area contributed by atoms with Gasteiger partial charge in [-0.1, -0.05) is 36.8 Å². The van der Waals surface area contributed by atoms with Gasteiger partial charge in [0.15, 0.2) is 0 Å². The third kappa shape index (κ3) is 3.47. The predicted octanol–water partition coefficient (Wildman–Crippen LogP) is 3.27. The average molecular weight is 383 g/mol. The monoisotopic (exact) mass is 383 g/mol. The minimum absolute atomic E-state index is 0.0248. The first-order valence-corrected chi connectivity index (χ1v) is 9.33. The summed E-state index contributed by atoms with van der Waals surface area (Å²) >= 11 is 0. The van der Waals surface area contributed by atoms with Gasteiger partial charge in [-0.2, -0.15) is 0 Å². The normalized spacial score (nSPS) is 20.4. The molecule has 1 aliphatic heterocycles. The van der Waals surface area contributed by atoms with Gasteiger partial charge >= 0.3 is 11.9 Å². The number of carboxylic acids is 2. The zero-order valence-electron chi connectivity index (χ0n) is 16.1. The number of aliphatic carboxylic acids is 2.